The Morgan fingerprint density at radius 2 is 1.67 bits per heavy atom. The van der Waals surface area contributed by atoms with E-state index < -0.39 is 12.2 Å². The number of halogens is 4. The first-order chi connectivity index (χ1) is 12.2. The number of piperazine rings is 1. The van der Waals surface area contributed by atoms with Crippen LogP contribution in [0.1, 0.15) is 47.0 Å². The van der Waals surface area contributed by atoms with E-state index >= 15 is 0 Å². The molecule has 1 fully saturated rings. The van der Waals surface area contributed by atoms with Crippen molar-refractivity contribution in [1.82, 2.24) is 15.1 Å². The van der Waals surface area contributed by atoms with E-state index in [1.165, 1.54) is 11.8 Å². The van der Waals surface area contributed by atoms with E-state index in [1.54, 1.807) is 0 Å². The lowest BCUT2D eigenvalue weighted by molar-refractivity contribution is -0.181. The van der Waals surface area contributed by atoms with E-state index in [-0.39, 0.29) is 36.0 Å². The molecule has 0 aromatic carbocycles. The van der Waals surface area contributed by atoms with Crippen molar-refractivity contribution in [2.75, 3.05) is 45.9 Å². The van der Waals surface area contributed by atoms with E-state index in [1.807, 2.05) is 11.8 Å². The maximum Gasteiger partial charge on any atom is 0.403 e. The molecule has 1 heterocycles. The molecular formula is C18H36F3IN4O. The molecule has 5 nitrogen and oxygen atoms in total. The van der Waals surface area contributed by atoms with Crippen LogP contribution in [-0.4, -0.2) is 79.0 Å². The fourth-order valence-electron chi connectivity index (χ4n) is 3.34. The summed E-state index contributed by atoms with van der Waals surface area (Å²) in [5.41, 5.74) is -0.0258. The van der Waals surface area contributed by atoms with Gasteiger partial charge in [0.05, 0.1) is 0 Å². The lowest BCUT2D eigenvalue weighted by Gasteiger charge is -2.40. The average molecular weight is 508 g/mol. The van der Waals surface area contributed by atoms with Crippen molar-refractivity contribution in [2.24, 2.45) is 10.4 Å². The SMILES string of the molecule is CCNC(=NCC(CC)(CC)CCO)N1CCN(C(C)C(F)(F)F)CC1.I. The molecule has 9 heteroatoms. The topological polar surface area (TPSA) is 51.1 Å². The van der Waals surface area contributed by atoms with Crippen LogP contribution in [0.3, 0.4) is 0 Å². The zero-order chi connectivity index (χ0) is 19.8. The highest BCUT2D eigenvalue weighted by Crippen LogP contribution is 2.31. The van der Waals surface area contributed by atoms with Crippen molar-refractivity contribution in [3.05, 3.63) is 0 Å². The van der Waals surface area contributed by atoms with Crippen LogP contribution >= 0.6 is 24.0 Å². The van der Waals surface area contributed by atoms with Gasteiger partial charge in [0.15, 0.2) is 5.96 Å². The third kappa shape index (κ3) is 7.92. The summed E-state index contributed by atoms with van der Waals surface area (Å²) in [5.74, 6) is 0.760. The highest BCUT2D eigenvalue weighted by molar-refractivity contribution is 14.0. The Balaban J connectivity index is 0.00000676. The molecule has 0 spiro atoms. The Morgan fingerprint density at radius 3 is 2.07 bits per heavy atom. The van der Waals surface area contributed by atoms with Crippen LogP contribution in [0.25, 0.3) is 0 Å². The average Bonchev–Trinajstić information content (AvgIpc) is 2.63. The Hall–Kier alpha value is -0.290. The molecule has 1 unspecified atom stereocenters. The lowest BCUT2D eigenvalue weighted by atomic mass is 9.79. The largest absolute Gasteiger partial charge is 0.403 e. The molecule has 0 aromatic heterocycles. The fourth-order valence-corrected chi connectivity index (χ4v) is 3.34. The van der Waals surface area contributed by atoms with Crippen LogP contribution in [-0.2, 0) is 0 Å². The predicted octanol–water partition coefficient (Wildman–Crippen LogP) is 3.33. The molecule has 1 saturated heterocycles. The van der Waals surface area contributed by atoms with Gasteiger partial charge in [-0.25, -0.2) is 0 Å². The molecule has 2 N–H and O–H groups in total. The Bertz CT molecular complexity index is 437. The molecule has 162 valence electrons. The number of rotatable bonds is 8. The molecule has 0 bridgehead atoms. The standard InChI is InChI=1S/C18H35F3N4O.HI/c1-5-17(6-2,8-13-26)14-23-16(22-7-3)25-11-9-24(10-12-25)15(4)18(19,20)21;/h15,26H,5-14H2,1-4H3,(H,22,23);1H. The lowest BCUT2D eigenvalue weighted by Crippen LogP contribution is -2.56. The molecule has 1 rings (SSSR count). The molecular weight excluding hydrogens is 472 g/mol. The van der Waals surface area contributed by atoms with Crippen molar-refractivity contribution in [1.29, 1.82) is 0 Å². The van der Waals surface area contributed by atoms with Crippen molar-refractivity contribution < 1.29 is 18.3 Å². The smallest absolute Gasteiger partial charge is 0.396 e. The van der Waals surface area contributed by atoms with Crippen molar-refractivity contribution in [2.45, 2.75) is 59.2 Å². The van der Waals surface area contributed by atoms with Crippen molar-refractivity contribution in [3.8, 4) is 0 Å². The zero-order valence-electron chi connectivity index (χ0n) is 17.0. The number of hydrogen-bond donors (Lipinski definition) is 2. The number of aliphatic hydroxyl groups excluding tert-OH is 1. The summed E-state index contributed by atoms with van der Waals surface area (Å²) in [6.07, 6.45) is -1.61. The Morgan fingerprint density at radius 1 is 1.11 bits per heavy atom. The number of hydrogen-bond acceptors (Lipinski definition) is 3. The van der Waals surface area contributed by atoms with Gasteiger partial charge in [-0.05, 0) is 38.5 Å². The summed E-state index contributed by atoms with van der Waals surface area (Å²) in [6.45, 7) is 10.7. The van der Waals surface area contributed by atoms with Crippen LogP contribution in [0, 0.1) is 5.41 Å². The second-order valence-corrected chi connectivity index (χ2v) is 7.09. The van der Waals surface area contributed by atoms with E-state index in [9.17, 15) is 18.3 Å². The second-order valence-electron chi connectivity index (χ2n) is 7.09. The number of nitrogens with one attached hydrogen (secondary N) is 1. The van der Waals surface area contributed by atoms with Gasteiger partial charge in [-0.2, -0.15) is 13.2 Å². The first kappa shape index (κ1) is 26.7. The van der Waals surface area contributed by atoms with E-state index in [0.29, 0.717) is 45.7 Å². The first-order valence-corrected chi connectivity index (χ1v) is 9.67. The molecule has 0 saturated carbocycles. The zero-order valence-corrected chi connectivity index (χ0v) is 19.3. The van der Waals surface area contributed by atoms with Gasteiger partial charge in [-0.1, -0.05) is 13.8 Å². The molecule has 1 aliphatic rings. The molecule has 0 amide bonds. The monoisotopic (exact) mass is 508 g/mol. The highest BCUT2D eigenvalue weighted by Gasteiger charge is 2.41. The van der Waals surface area contributed by atoms with Crippen LogP contribution in [0.15, 0.2) is 4.99 Å². The summed E-state index contributed by atoms with van der Waals surface area (Å²) in [5, 5.41) is 12.6. The highest BCUT2D eigenvalue weighted by atomic mass is 127. The third-order valence-corrected chi connectivity index (χ3v) is 5.68. The number of guanidine groups is 1. The van der Waals surface area contributed by atoms with Crippen LogP contribution in [0.5, 0.6) is 0 Å². The summed E-state index contributed by atoms with van der Waals surface area (Å²) < 4.78 is 38.7. The second kappa shape index (κ2) is 12.3. The molecule has 1 aliphatic heterocycles. The number of nitrogens with zero attached hydrogens (tertiary/aromatic N) is 3. The van der Waals surface area contributed by atoms with Gasteiger partial charge in [0.25, 0.3) is 0 Å². The van der Waals surface area contributed by atoms with Gasteiger partial charge < -0.3 is 15.3 Å². The summed E-state index contributed by atoms with van der Waals surface area (Å²) in [6, 6.07) is -1.42. The van der Waals surface area contributed by atoms with Crippen molar-refractivity contribution >= 4 is 29.9 Å². The minimum atomic E-state index is -4.19. The minimum absolute atomic E-state index is 0. The molecule has 0 radical (unpaired) electrons. The van der Waals surface area contributed by atoms with Gasteiger partial charge >= 0.3 is 6.18 Å². The Labute approximate surface area is 178 Å². The molecule has 0 aliphatic carbocycles. The van der Waals surface area contributed by atoms with Gasteiger partial charge in [-0.3, -0.25) is 9.89 Å². The van der Waals surface area contributed by atoms with Crippen molar-refractivity contribution in [3.63, 3.8) is 0 Å². The van der Waals surface area contributed by atoms with E-state index in [4.69, 9.17) is 4.99 Å². The number of alkyl halides is 3. The molecule has 0 aromatic rings. The fraction of sp³-hybridized carbons (Fsp3) is 0.944. The molecule has 1 atom stereocenters. The third-order valence-electron chi connectivity index (χ3n) is 5.68. The quantitative estimate of drug-likeness (QED) is 0.300. The van der Waals surface area contributed by atoms with Crippen LogP contribution in [0.2, 0.25) is 0 Å². The van der Waals surface area contributed by atoms with Gasteiger partial charge in [0.1, 0.15) is 6.04 Å². The number of aliphatic hydroxyl groups is 1. The Kier molecular flexibility index (Phi) is 12.2. The van der Waals surface area contributed by atoms with E-state index in [0.717, 1.165) is 18.8 Å². The minimum Gasteiger partial charge on any atom is -0.396 e. The first-order valence-electron chi connectivity index (χ1n) is 9.67. The molecule has 27 heavy (non-hydrogen) atoms. The van der Waals surface area contributed by atoms with Gasteiger partial charge in [0, 0.05) is 45.9 Å². The van der Waals surface area contributed by atoms with Crippen LogP contribution in [0.4, 0.5) is 13.2 Å². The van der Waals surface area contributed by atoms with Gasteiger partial charge in [0.2, 0.25) is 0 Å². The summed E-state index contributed by atoms with van der Waals surface area (Å²) in [7, 11) is 0. The maximum absolute atomic E-state index is 12.9. The van der Waals surface area contributed by atoms with E-state index in [2.05, 4.69) is 19.2 Å². The normalized spacial score (nSPS) is 18.2. The van der Waals surface area contributed by atoms with Gasteiger partial charge in [-0.15, -0.1) is 24.0 Å². The van der Waals surface area contributed by atoms with Crippen LogP contribution < -0.4 is 5.32 Å². The predicted molar refractivity (Wildman–Crippen MR) is 115 cm³/mol. The summed E-state index contributed by atoms with van der Waals surface area (Å²) in [4.78, 5) is 8.29. The maximum atomic E-state index is 12.9. The summed E-state index contributed by atoms with van der Waals surface area (Å²) >= 11 is 0. The number of aliphatic imine (C=N–C) groups is 1.